The van der Waals surface area contributed by atoms with Gasteiger partial charge in [-0.2, -0.15) is 0 Å². The minimum absolute atomic E-state index is 0.0418. The molecular formula is C22H33N3O4. The molecule has 29 heavy (non-hydrogen) atoms. The summed E-state index contributed by atoms with van der Waals surface area (Å²) in [6.07, 6.45) is 1.95. The van der Waals surface area contributed by atoms with Crippen molar-refractivity contribution >= 4 is 17.5 Å². The van der Waals surface area contributed by atoms with E-state index in [2.05, 4.69) is 38.3 Å². The highest BCUT2D eigenvalue weighted by molar-refractivity contribution is 6.00. The third-order valence-corrected chi connectivity index (χ3v) is 5.71. The third-order valence-electron chi connectivity index (χ3n) is 5.71. The molecule has 2 fully saturated rings. The lowest BCUT2D eigenvalue weighted by Gasteiger charge is -2.46. The van der Waals surface area contributed by atoms with E-state index in [0.29, 0.717) is 23.7 Å². The van der Waals surface area contributed by atoms with Crippen LogP contribution < -0.4 is 25.0 Å². The topological polar surface area (TPSA) is 79.9 Å². The number of carbonyl (C=O) groups is 2. The van der Waals surface area contributed by atoms with Crippen molar-refractivity contribution in [1.82, 2.24) is 10.6 Å². The van der Waals surface area contributed by atoms with Crippen LogP contribution in [-0.4, -0.2) is 49.7 Å². The number of nitrogens with zero attached hydrogens (tertiary/aromatic N) is 1. The van der Waals surface area contributed by atoms with Gasteiger partial charge in [-0.3, -0.25) is 9.59 Å². The van der Waals surface area contributed by atoms with Crippen molar-refractivity contribution in [2.24, 2.45) is 5.92 Å². The van der Waals surface area contributed by atoms with Gasteiger partial charge in [-0.15, -0.1) is 0 Å². The molecule has 1 aromatic rings. The standard InChI is InChI=1S/C22H33N3O4/c1-21(2)11-15(12-22(3,4)24-21)23-20(27)14-9-19(26)25(13-14)16-7-8-17(28-5)18(10-16)29-6/h7-8,10,14-15,24H,9,11-13H2,1-6H3,(H,23,27)/t14-/m1/s1. The molecule has 7 heteroatoms. The van der Waals surface area contributed by atoms with Crippen molar-refractivity contribution in [2.75, 3.05) is 25.7 Å². The Morgan fingerprint density at radius 3 is 2.31 bits per heavy atom. The van der Waals surface area contributed by atoms with Gasteiger partial charge < -0.3 is 25.0 Å². The predicted octanol–water partition coefficient (Wildman–Crippen LogP) is 2.48. The Bertz CT molecular complexity index is 774. The number of methoxy groups -OCH3 is 2. The van der Waals surface area contributed by atoms with E-state index >= 15 is 0 Å². The van der Waals surface area contributed by atoms with Gasteiger partial charge in [0.05, 0.1) is 20.1 Å². The minimum atomic E-state index is -0.350. The lowest BCUT2D eigenvalue weighted by atomic mass is 9.79. The molecule has 0 radical (unpaired) electrons. The molecule has 3 rings (SSSR count). The van der Waals surface area contributed by atoms with Gasteiger partial charge in [0.25, 0.3) is 0 Å². The molecule has 0 saturated carbocycles. The van der Waals surface area contributed by atoms with Crippen LogP contribution in [0.3, 0.4) is 0 Å². The lowest BCUT2D eigenvalue weighted by Crippen LogP contribution is -2.62. The first-order chi connectivity index (χ1) is 13.5. The maximum Gasteiger partial charge on any atom is 0.227 e. The molecule has 0 bridgehead atoms. The summed E-state index contributed by atoms with van der Waals surface area (Å²) in [6, 6.07) is 5.46. The van der Waals surface area contributed by atoms with E-state index in [1.807, 2.05) is 6.07 Å². The highest BCUT2D eigenvalue weighted by Crippen LogP contribution is 2.34. The van der Waals surface area contributed by atoms with E-state index in [1.54, 1.807) is 31.3 Å². The van der Waals surface area contributed by atoms with Crippen LogP contribution in [-0.2, 0) is 9.59 Å². The first kappa shape index (κ1) is 21.4. The number of rotatable bonds is 5. The second-order valence-corrected chi connectivity index (χ2v) is 9.45. The Labute approximate surface area is 173 Å². The normalized spacial score (nSPS) is 23.7. The SMILES string of the molecule is COc1ccc(N2C[C@H](C(=O)NC3CC(C)(C)NC(C)(C)C3)CC2=O)cc1OC. The van der Waals surface area contributed by atoms with Crippen LogP contribution in [0.2, 0.25) is 0 Å². The van der Waals surface area contributed by atoms with Crippen LogP contribution in [0.4, 0.5) is 5.69 Å². The maximum absolute atomic E-state index is 12.9. The zero-order chi connectivity index (χ0) is 21.4. The summed E-state index contributed by atoms with van der Waals surface area (Å²) in [6.45, 7) is 9.00. The zero-order valence-corrected chi connectivity index (χ0v) is 18.3. The lowest BCUT2D eigenvalue weighted by molar-refractivity contribution is -0.127. The molecule has 2 saturated heterocycles. The fraction of sp³-hybridized carbons (Fsp3) is 0.636. The second kappa shape index (κ2) is 7.86. The number of carbonyl (C=O) groups excluding carboxylic acids is 2. The van der Waals surface area contributed by atoms with Crippen molar-refractivity contribution in [3.63, 3.8) is 0 Å². The van der Waals surface area contributed by atoms with Gasteiger partial charge in [-0.25, -0.2) is 0 Å². The molecule has 0 aliphatic carbocycles. The van der Waals surface area contributed by atoms with E-state index in [9.17, 15) is 9.59 Å². The van der Waals surface area contributed by atoms with E-state index in [0.717, 1.165) is 12.8 Å². The van der Waals surface area contributed by atoms with Crippen LogP contribution in [0.1, 0.15) is 47.0 Å². The smallest absolute Gasteiger partial charge is 0.227 e. The average molecular weight is 404 g/mol. The fourth-order valence-corrected chi connectivity index (χ4v) is 4.87. The quantitative estimate of drug-likeness (QED) is 0.790. The molecule has 1 aromatic carbocycles. The van der Waals surface area contributed by atoms with E-state index in [1.165, 1.54) is 0 Å². The van der Waals surface area contributed by atoms with Crippen molar-refractivity contribution in [3.05, 3.63) is 18.2 Å². The summed E-state index contributed by atoms with van der Waals surface area (Å²) in [7, 11) is 3.13. The first-order valence-corrected chi connectivity index (χ1v) is 10.2. The molecule has 1 atom stereocenters. The van der Waals surface area contributed by atoms with Crippen LogP contribution in [0.25, 0.3) is 0 Å². The molecule has 7 nitrogen and oxygen atoms in total. The molecule has 2 heterocycles. The molecule has 2 N–H and O–H groups in total. The summed E-state index contributed by atoms with van der Waals surface area (Å²) < 4.78 is 10.6. The molecule has 160 valence electrons. The molecule has 0 spiro atoms. The van der Waals surface area contributed by atoms with Crippen molar-refractivity contribution in [2.45, 2.75) is 64.1 Å². The maximum atomic E-state index is 12.9. The van der Waals surface area contributed by atoms with E-state index in [-0.39, 0.29) is 41.3 Å². The average Bonchev–Trinajstić information content (AvgIpc) is 3.00. The van der Waals surface area contributed by atoms with Gasteiger partial charge >= 0.3 is 0 Å². The van der Waals surface area contributed by atoms with Crippen LogP contribution in [0, 0.1) is 5.92 Å². The number of hydrogen-bond acceptors (Lipinski definition) is 5. The highest BCUT2D eigenvalue weighted by atomic mass is 16.5. The summed E-state index contributed by atoms with van der Waals surface area (Å²) >= 11 is 0. The summed E-state index contributed by atoms with van der Waals surface area (Å²) in [5.41, 5.74) is 0.625. The second-order valence-electron chi connectivity index (χ2n) is 9.45. The Balaban J connectivity index is 1.68. The van der Waals surface area contributed by atoms with Gasteiger partial charge in [0, 0.05) is 41.8 Å². The molecular weight excluding hydrogens is 370 g/mol. The number of piperidine rings is 1. The van der Waals surface area contributed by atoms with E-state index < -0.39 is 0 Å². The van der Waals surface area contributed by atoms with Gasteiger partial charge in [-0.05, 0) is 52.7 Å². The van der Waals surface area contributed by atoms with Gasteiger partial charge in [0.2, 0.25) is 11.8 Å². The largest absolute Gasteiger partial charge is 0.493 e. The van der Waals surface area contributed by atoms with Crippen LogP contribution >= 0.6 is 0 Å². The Morgan fingerprint density at radius 1 is 1.10 bits per heavy atom. The zero-order valence-electron chi connectivity index (χ0n) is 18.3. The third kappa shape index (κ3) is 4.83. The summed E-state index contributed by atoms with van der Waals surface area (Å²) in [5.74, 6) is 0.720. The number of hydrogen-bond donors (Lipinski definition) is 2. The van der Waals surface area contributed by atoms with Crippen molar-refractivity contribution < 1.29 is 19.1 Å². The number of amides is 2. The van der Waals surface area contributed by atoms with Gasteiger partial charge in [0.15, 0.2) is 11.5 Å². The van der Waals surface area contributed by atoms with E-state index in [4.69, 9.17) is 9.47 Å². The van der Waals surface area contributed by atoms with Crippen molar-refractivity contribution in [3.8, 4) is 11.5 Å². The number of anilines is 1. The molecule has 2 aliphatic heterocycles. The Kier molecular flexibility index (Phi) is 5.81. The first-order valence-electron chi connectivity index (χ1n) is 10.2. The molecule has 0 aromatic heterocycles. The molecule has 2 amide bonds. The van der Waals surface area contributed by atoms with Crippen LogP contribution in [0.5, 0.6) is 11.5 Å². The highest BCUT2D eigenvalue weighted by Gasteiger charge is 2.41. The van der Waals surface area contributed by atoms with Crippen LogP contribution in [0.15, 0.2) is 18.2 Å². The minimum Gasteiger partial charge on any atom is -0.493 e. The van der Waals surface area contributed by atoms with Crippen molar-refractivity contribution in [1.29, 1.82) is 0 Å². The van der Waals surface area contributed by atoms with Gasteiger partial charge in [-0.1, -0.05) is 0 Å². The molecule has 0 unspecified atom stereocenters. The number of ether oxygens (including phenoxy) is 2. The monoisotopic (exact) mass is 403 g/mol. The summed E-state index contributed by atoms with van der Waals surface area (Å²) in [5, 5.41) is 6.83. The number of nitrogens with one attached hydrogen (secondary N) is 2. The summed E-state index contributed by atoms with van der Waals surface area (Å²) in [4.78, 5) is 27.2. The molecule has 2 aliphatic rings. The fourth-order valence-electron chi connectivity index (χ4n) is 4.87. The Hall–Kier alpha value is -2.28. The number of benzene rings is 1. The Morgan fingerprint density at radius 2 is 1.72 bits per heavy atom. The predicted molar refractivity (Wildman–Crippen MR) is 112 cm³/mol. The van der Waals surface area contributed by atoms with Gasteiger partial charge in [0.1, 0.15) is 0 Å².